The van der Waals surface area contributed by atoms with Crippen LogP contribution in [0, 0.1) is 5.82 Å². The molecule has 1 N–H and O–H groups in total. The molecule has 1 atom stereocenters. The highest BCUT2D eigenvalue weighted by molar-refractivity contribution is 6.31. The van der Waals surface area contributed by atoms with E-state index in [2.05, 4.69) is 5.10 Å². The summed E-state index contributed by atoms with van der Waals surface area (Å²) < 4.78 is 21.0. The van der Waals surface area contributed by atoms with Gasteiger partial charge in [-0.3, -0.25) is 4.68 Å². The first-order valence-electron chi connectivity index (χ1n) is 6.74. The van der Waals surface area contributed by atoms with E-state index in [0.29, 0.717) is 10.8 Å². The van der Waals surface area contributed by atoms with E-state index in [-0.39, 0.29) is 12.2 Å². The minimum atomic E-state index is -0.849. The summed E-state index contributed by atoms with van der Waals surface area (Å²) in [5.74, 6) is -0.111. The van der Waals surface area contributed by atoms with Crippen molar-refractivity contribution in [2.75, 3.05) is 0 Å². The first-order chi connectivity index (χ1) is 9.93. The third-order valence-electron chi connectivity index (χ3n) is 3.30. The van der Waals surface area contributed by atoms with Gasteiger partial charge >= 0.3 is 0 Å². The summed E-state index contributed by atoms with van der Waals surface area (Å²) in [6, 6.07) is 4.39. The number of aliphatic hydroxyl groups is 1. The summed E-state index contributed by atoms with van der Waals surface area (Å²) in [6.07, 6.45) is -0.109. The number of nitrogens with zero attached hydrogens (tertiary/aromatic N) is 2. The molecule has 0 aliphatic rings. The van der Waals surface area contributed by atoms with Gasteiger partial charge in [-0.1, -0.05) is 18.5 Å². The molecule has 6 heteroatoms. The Morgan fingerprint density at radius 3 is 2.71 bits per heavy atom. The van der Waals surface area contributed by atoms with E-state index < -0.39 is 11.9 Å². The van der Waals surface area contributed by atoms with Gasteiger partial charge in [0, 0.05) is 18.7 Å². The fourth-order valence-electron chi connectivity index (χ4n) is 2.06. The fraction of sp³-hybridized carbons (Fsp3) is 0.400. The van der Waals surface area contributed by atoms with Gasteiger partial charge in [0.15, 0.2) is 0 Å². The molecule has 0 aliphatic heterocycles. The Hall–Kier alpha value is -1.59. The second-order valence-corrected chi connectivity index (χ2v) is 5.21. The molecular formula is C15H18ClFN2O2. The maximum absolute atomic E-state index is 13.8. The van der Waals surface area contributed by atoms with Gasteiger partial charge in [0.1, 0.15) is 18.2 Å². The normalized spacial score (nSPS) is 12.5. The fourth-order valence-corrected chi connectivity index (χ4v) is 2.41. The van der Waals surface area contributed by atoms with Gasteiger partial charge in [-0.15, -0.1) is 0 Å². The number of halogens is 2. The smallest absolute Gasteiger partial charge is 0.132 e. The largest absolute Gasteiger partial charge is 0.487 e. The Morgan fingerprint density at radius 2 is 2.19 bits per heavy atom. The average Bonchev–Trinajstić information content (AvgIpc) is 2.71. The van der Waals surface area contributed by atoms with Crippen LogP contribution in [-0.2, 0) is 20.1 Å². The van der Waals surface area contributed by atoms with Crippen LogP contribution in [0.1, 0.15) is 36.9 Å². The molecule has 0 saturated heterocycles. The molecule has 114 valence electrons. The van der Waals surface area contributed by atoms with Crippen molar-refractivity contribution in [1.82, 2.24) is 9.78 Å². The maximum Gasteiger partial charge on any atom is 0.132 e. The van der Waals surface area contributed by atoms with Gasteiger partial charge in [-0.2, -0.15) is 5.10 Å². The molecule has 1 aromatic heterocycles. The second-order valence-electron chi connectivity index (χ2n) is 4.83. The number of aryl methyl sites for hydroxylation is 2. The van der Waals surface area contributed by atoms with Crippen LogP contribution in [-0.4, -0.2) is 14.9 Å². The van der Waals surface area contributed by atoms with Crippen molar-refractivity contribution >= 4 is 11.6 Å². The maximum atomic E-state index is 13.8. The first-order valence-corrected chi connectivity index (χ1v) is 7.12. The lowest BCUT2D eigenvalue weighted by Gasteiger charge is -2.10. The van der Waals surface area contributed by atoms with Crippen molar-refractivity contribution in [2.24, 2.45) is 7.05 Å². The van der Waals surface area contributed by atoms with E-state index in [1.165, 1.54) is 19.1 Å². The van der Waals surface area contributed by atoms with E-state index in [1.807, 2.05) is 6.92 Å². The predicted molar refractivity (Wildman–Crippen MR) is 79.0 cm³/mol. The Kier molecular flexibility index (Phi) is 4.85. The van der Waals surface area contributed by atoms with Gasteiger partial charge in [0.25, 0.3) is 0 Å². The molecule has 0 fully saturated rings. The van der Waals surface area contributed by atoms with E-state index in [1.54, 1.807) is 17.8 Å². The number of aliphatic hydroxyl groups excluding tert-OH is 1. The number of rotatable bonds is 5. The number of aromatic nitrogens is 2. The monoisotopic (exact) mass is 312 g/mol. The standard InChI is InChI=1S/C15H18ClFN2O2/c1-4-13-15(16)14(19(3)18-13)8-21-10-5-6-11(9(2)20)12(17)7-10/h5-7,9,20H,4,8H2,1-3H3/t9-/m1/s1. The third-order valence-corrected chi connectivity index (χ3v) is 3.74. The summed E-state index contributed by atoms with van der Waals surface area (Å²) in [5.41, 5.74) is 1.80. The molecule has 4 nitrogen and oxygen atoms in total. The van der Waals surface area contributed by atoms with Gasteiger partial charge in [-0.25, -0.2) is 4.39 Å². The van der Waals surface area contributed by atoms with Crippen LogP contribution in [0.2, 0.25) is 5.02 Å². The molecule has 21 heavy (non-hydrogen) atoms. The number of benzene rings is 1. The Balaban J connectivity index is 2.13. The van der Waals surface area contributed by atoms with Crippen molar-refractivity contribution < 1.29 is 14.2 Å². The van der Waals surface area contributed by atoms with Crippen molar-refractivity contribution in [3.05, 3.63) is 46.0 Å². The van der Waals surface area contributed by atoms with Crippen molar-refractivity contribution in [3.63, 3.8) is 0 Å². The quantitative estimate of drug-likeness (QED) is 0.920. The summed E-state index contributed by atoms with van der Waals surface area (Å²) >= 11 is 6.22. The number of ether oxygens (including phenoxy) is 1. The van der Waals surface area contributed by atoms with Crippen LogP contribution in [0.4, 0.5) is 4.39 Å². The molecule has 2 aromatic rings. The molecule has 0 saturated carbocycles. The molecule has 1 aromatic carbocycles. The molecule has 1 heterocycles. The zero-order chi connectivity index (χ0) is 15.6. The zero-order valence-electron chi connectivity index (χ0n) is 12.2. The van der Waals surface area contributed by atoms with Gasteiger partial charge in [0.2, 0.25) is 0 Å². The molecular weight excluding hydrogens is 295 g/mol. The van der Waals surface area contributed by atoms with Crippen LogP contribution in [0.3, 0.4) is 0 Å². The van der Waals surface area contributed by atoms with Crippen molar-refractivity contribution in [3.8, 4) is 5.75 Å². The van der Waals surface area contributed by atoms with Crippen LogP contribution in [0.15, 0.2) is 18.2 Å². The zero-order valence-corrected chi connectivity index (χ0v) is 13.0. The van der Waals surface area contributed by atoms with Gasteiger partial charge < -0.3 is 9.84 Å². The topological polar surface area (TPSA) is 47.3 Å². The summed E-state index contributed by atoms with van der Waals surface area (Å²) in [7, 11) is 1.79. The second kappa shape index (κ2) is 6.45. The summed E-state index contributed by atoms with van der Waals surface area (Å²) in [4.78, 5) is 0. The lowest BCUT2D eigenvalue weighted by atomic mass is 10.1. The van der Waals surface area contributed by atoms with Crippen LogP contribution in [0.5, 0.6) is 5.75 Å². The Labute approximate surface area is 128 Å². The third kappa shape index (κ3) is 3.36. The van der Waals surface area contributed by atoms with E-state index in [4.69, 9.17) is 16.3 Å². The van der Waals surface area contributed by atoms with Crippen LogP contribution >= 0.6 is 11.6 Å². The molecule has 2 rings (SSSR count). The Bertz CT molecular complexity index is 641. The molecule has 0 amide bonds. The molecule has 0 unspecified atom stereocenters. The Morgan fingerprint density at radius 1 is 1.48 bits per heavy atom. The molecule has 0 bridgehead atoms. The number of hydrogen-bond acceptors (Lipinski definition) is 3. The molecule has 0 aliphatic carbocycles. The lowest BCUT2D eigenvalue weighted by molar-refractivity contribution is 0.193. The van der Waals surface area contributed by atoms with Crippen molar-refractivity contribution in [1.29, 1.82) is 0 Å². The lowest BCUT2D eigenvalue weighted by Crippen LogP contribution is -2.04. The summed E-state index contributed by atoms with van der Waals surface area (Å²) in [5, 5.41) is 14.3. The highest BCUT2D eigenvalue weighted by atomic mass is 35.5. The van der Waals surface area contributed by atoms with Crippen LogP contribution < -0.4 is 4.74 Å². The highest BCUT2D eigenvalue weighted by Crippen LogP contribution is 2.25. The minimum Gasteiger partial charge on any atom is -0.487 e. The minimum absolute atomic E-state index is 0.204. The first kappa shape index (κ1) is 15.8. The summed E-state index contributed by atoms with van der Waals surface area (Å²) in [6.45, 7) is 3.69. The van der Waals surface area contributed by atoms with Gasteiger partial charge in [-0.05, 0) is 25.5 Å². The van der Waals surface area contributed by atoms with E-state index in [9.17, 15) is 9.50 Å². The highest BCUT2D eigenvalue weighted by Gasteiger charge is 2.14. The number of hydrogen-bond donors (Lipinski definition) is 1. The SMILES string of the molecule is CCc1nn(C)c(COc2ccc([C@@H](C)O)c(F)c2)c1Cl. The van der Waals surface area contributed by atoms with E-state index >= 15 is 0 Å². The van der Waals surface area contributed by atoms with Crippen LogP contribution in [0.25, 0.3) is 0 Å². The molecule has 0 spiro atoms. The van der Waals surface area contributed by atoms with Gasteiger partial charge in [0.05, 0.1) is 22.5 Å². The molecule has 0 radical (unpaired) electrons. The predicted octanol–water partition coefficient (Wildman–Crippen LogP) is 3.41. The average molecular weight is 313 g/mol. The van der Waals surface area contributed by atoms with E-state index in [0.717, 1.165) is 17.8 Å². The van der Waals surface area contributed by atoms with Crippen molar-refractivity contribution in [2.45, 2.75) is 33.0 Å².